The van der Waals surface area contributed by atoms with Crippen molar-refractivity contribution in [2.24, 2.45) is 0 Å². The largest absolute Gasteiger partial charge is 0.394 e. The van der Waals surface area contributed by atoms with Crippen LogP contribution in [0.1, 0.15) is 0 Å². The van der Waals surface area contributed by atoms with E-state index < -0.39 is 373 Å². The number of hydrogen-bond acceptors (Lipinski definition) is 51. The van der Waals surface area contributed by atoms with Crippen molar-refractivity contribution in [2.75, 3.05) is 66.1 Å². The minimum absolute atomic E-state index is 0.741. The van der Waals surface area contributed by atoms with Gasteiger partial charge in [0.15, 0.2) is 62.9 Å². The van der Waals surface area contributed by atoms with Gasteiger partial charge in [0, 0.05) is 0 Å². The van der Waals surface area contributed by atoms with E-state index in [-0.39, 0.29) is 0 Å². The summed E-state index contributed by atoms with van der Waals surface area (Å²) >= 11 is 0. The maximum atomic E-state index is 11.3. The second kappa shape index (κ2) is 39.4. The predicted molar refractivity (Wildman–Crippen MR) is 330 cm³/mol. The number of aliphatic hydroxyl groups is 32. The Bertz CT molecular complexity index is 2420. The summed E-state index contributed by atoms with van der Waals surface area (Å²) in [6.07, 6.45) is -95.4. The standard InChI is InChI=1S/C42H70O35.C18H32O16/c43-1-8-29-15(50)22(57)36(64-8)72-30-9(2-44)66-38(24(59)17(30)52)74-32-11(4-46)68-40(26(61)19(32)54)76-34-13(6-48)70-42(28(63)21(34)56)77-35-14(7-49)69-41(27(62)20(35)55)75-33-12(5-47)67-39(25(60)18(33)53)73-31-10(3-45)65-37(71-29)23(58)16(31)51;19-1-4-7(22)8(23)12(27)17(31-4)34-15-6(3-21)32-18(13(28)10(15)25)33-14-5(2-20)30-16(29)11(26)9(14)24/h8-63H,1-7H2;4-29H,1-3H2/t8-,9-,10-,11-,12-,13-,14-,15-,16-,17-,18-,19-,20-,21-,22-,23-,24-,25-,26-,27-,28-,29-,30-,31-,32-,33-,34-,35-,36-,37-,38-,39-,40-,41-,42-;4-,5-,6-,7-,8+,9-,10-,11-,12-,13-,14-,15-,16?,17+,18+/m11/s1. The Morgan fingerprint density at radius 1 is 0.153 bits per heavy atom. The van der Waals surface area contributed by atoms with Crippen LogP contribution in [-0.4, -0.2) is 537 Å². The molecule has 648 valence electrons. The van der Waals surface area contributed by atoms with Crippen LogP contribution >= 0.6 is 0 Å². The van der Waals surface area contributed by atoms with Crippen LogP contribution in [0.4, 0.5) is 0 Å². The van der Waals surface area contributed by atoms with Crippen molar-refractivity contribution in [1.29, 1.82) is 0 Å². The van der Waals surface area contributed by atoms with Crippen LogP contribution < -0.4 is 0 Å². The molecule has 24 aliphatic heterocycles. The number of aliphatic hydroxyl groups excluding tert-OH is 32. The Labute approximate surface area is 625 Å². The van der Waals surface area contributed by atoms with E-state index in [1.807, 2.05) is 0 Å². The lowest BCUT2D eigenvalue weighted by Crippen LogP contribution is -2.68. The van der Waals surface area contributed by atoms with Crippen molar-refractivity contribution in [1.82, 2.24) is 0 Å². The van der Waals surface area contributed by atoms with E-state index in [0.717, 1.165) is 0 Å². The van der Waals surface area contributed by atoms with E-state index in [0.29, 0.717) is 0 Å². The van der Waals surface area contributed by atoms with Gasteiger partial charge in [-0.1, -0.05) is 0 Å². The number of rotatable bonds is 14. The fraction of sp³-hybridized carbons (Fsp3) is 1.00. The smallest absolute Gasteiger partial charge is 0.187 e. The number of ether oxygens (including phenoxy) is 19. The summed E-state index contributed by atoms with van der Waals surface area (Å²) in [5.74, 6) is 0. The third-order valence-electron chi connectivity index (χ3n) is 20.9. The average Bonchev–Trinajstić information content (AvgIpc) is 0.812. The van der Waals surface area contributed by atoms with Gasteiger partial charge in [-0.25, -0.2) is 0 Å². The van der Waals surface area contributed by atoms with Gasteiger partial charge < -0.3 is 253 Å². The lowest BCUT2D eigenvalue weighted by Gasteiger charge is -2.50. The van der Waals surface area contributed by atoms with Gasteiger partial charge in [-0.3, -0.25) is 0 Å². The average molecular weight is 1640 g/mol. The van der Waals surface area contributed by atoms with Gasteiger partial charge in [-0.05, 0) is 0 Å². The van der Waals surface area contributed by atoms with Crippen molar-refractivity contribution in [2.45, 2.75) is 307 Å². The fourth-order valence-corrected chi connectivity index (χ4v) is 14.5. The topological polar surface area (TPSA) is 823 Å². The third kappa shape index (κ3) is 18.8. The van der Waals surface area contributed by atoms with E-state index in [1.165, 1.54) is 0 Å². The molecule has 24 fully saturated rings. The molecule has 24 rings (SSSR count). The molecule has 24 saturated heterocycles. The summed E-state index contributed by atoms with van der Waals surface area (Å²) in [6.45, 7) is -9.65. The zero-order valence-electron chi connectivity index (χ0n) is 58.0. The Morgan fingerprint density at radius 2 is 0.342 bits per heavy atom. The molecule has 32 N–H and O–H groups in total. The molecule has 111 heavy (non-hydrogen) atoms. The molecular weight excluding hydrogens is 1540 g/mol. The highest BCUT2D eigenvalue weighted by atomic mass is 16.8. The summed E-state index contributed by atoms with van der Waals surface area (Å²) in [7, 11) is 0. The monoisotopic (exact) mass is 1640 g/mol. The maximum Gasteiger partial charge on any atom is 0.187 e. The summed E-state index contributed by atoms with van der Waals surface area (Å²) < 4.78 is 106. The summed E-state index contributed by atoms with van der Waals surface area (Å²) in [5.41, 5.74) is 0. The van der Waals surface area contributed by atoms with E-state index in [2.05, 4.69) is 0 Å². The minimum atomic E-state index is -2.21. The molecule has 24 aliphatic rings. The molecule has 51 nitrogen and oxygen atoms in total. The predicted octanol–water partition coefficient (Wildman–Crippen LogP) is -22.8. The molecule has 0 saturated carbocycles. The van der Waals surface area contributed by atoms with E-state index in [1.54, 1.807) is 0 Å². The van der Waals surface area contributed by atoms with Gasteiger partial charge in [-0.2, -0.15) is 0 Å². The molecule has 51 heteroatoms. The first-order valence-electron chi connectivity index (χ1n) is 35.2. The molecule has 0 aliphatic carbocycles. The summed E-state index contributed by atoms with van der Waals surface area (Å²) in [6, 6.07) is 0. The first-order chi connectivity index (χ1) is 52.7. The maximum absolute atomic E-state index is 11.3. The normalized spacial score (nSPS) is 54.5. The van der Waals surface area contributed by atoms with Crippen molar-refractivity contribution < 1.29 is 253 Å². The fourth-order valence-electron chi connectivity index (χ4n) is 14.5. The Morgan fingerprint density at radius 3 is 0.559 bits per heavy atom. The molecule has 0 radical (unpaired) electrons. The molecule has 0 aromatic heterocycles. The zero-order chi connectivity index (χ0) is 81.4. The Kier molecular flexibility index (Phi) is 32.4. The lowest BCUT2D eigenvalue weighted by molar-refractivity contribution is -0.396. The summed E-state index contributed by atoms with van der Waals surface area (Å²) in [4.78, 5) is 0. The SMILES string of the molecule is OC[C@H]1O[C@@H](O[C@H]2[C@H](O)[C@@H](O)[C@H](O[C@H]3[C@H](O)[C@@H](O)C(O)O[C@@H]3CO)O[C@@H]2CO)[C@H](O)[C@@H](O)[C@@H]1O.OC[C@H]1O[C@@H]2O[C@H]3[C@H](O)[C@@H](O)[C@@H](O[C@H]4[C@H](O)[C@@H](O)[C@@H](O[C@H]5[C@H](O)[C@@H](O)[C@@H](O[C@H]6[C@H](O)[C@@H](O)[C@@H](O[C@H]7[C@H](O)[C@@H](O)[C@@H](O[C@H]8[C@H](O)[C@@H](O)[C@@H](O[C@H]1[C@H](O)[C@H]2O)O[C@@H]8CO)O[C@@H]7CO)O[C@@H]6CO)O[C@@H]5CO)O[C@@H]4CO)O[C@@H]3CO. The van der Waals surface area contributed by atoms with Gasteiger partial charge in [0.2, 0.25) is 0 Å². The van der Waals surface area contributed by atoms with Crippen LogP contribution in [0.2, 0.25) is 0 Å². The molecule has 1 unspecified atom stereocenters. The first kappa shape index (κ1) is 91.3. The third-order valence-corrected chi connectivity index (χ3v) is 20.9. The molecule has 0 aromatic rings. The van der Waals surface area contributed by atoms with Gasteiger partial charge in [-0.15, -0.1) is 0 Å². The lowest BCUT2D eigenvalue weighted by atomic mass is 9.95. The highest BCUT2D eigenvalue weighted by molar-refractivity contribution is 5.03. The molecule has 0 spiro atoms. The quantitative estimate of drug-likeness (QED) is 0.0768. The van der Waals surface area contributed by atoms with Crippen molar-refractivity contribution >= 4 is 0 Å². The van der Waals surface area contributed by atoms with Crippen LogP contribution in [0, 0.1) is 0 Å². The van der Waals surface area contributed by atoms with Crippen LogP contribution in [-0.2, 0) is 90.0 Å². The van der Waals surface area contributed by atoms with Gasteiger partial charge in [0.05, 0.1) is 66.1 Å². The van der Waals surface area contributed by atoms with Gasteiger partial charge >= 0.3 is 0 Å². The molecule has 0 aromatic carbocycles. The second-order valence-electron chi connectivity index (χ2n) is 28.0. The zero-order valence-corrected chi connectivity index (χ0v) is 58.0. The minimum Gasteiger partial charge on any atom is -0.394 e. The van der Waals surface area contributed by atoms with Crippen LogP contribution in [0.3, 0.4) is 0 Å². The summed E-state index contributed by atoms with van der Waals surface area (Å²) in [5, 5.41) is 339. The second-order valence-corrected chi connectivity index (χ2v) is 28.0. The molecule has 14 bridgehead atoms. The van der Waals surface area contributed by atoms with Crippen LogP contribution in [0.5, 0.6) is 0 Å². The molecule has 24 heterocycles. The highest BCUT2D eigenvalue weighted by Gasteiger charge is 2.61. The van der Waals surface area contributed by atoms with Gasteiger partial charge in [0.25, 0.3) is 0 Å². The Balaban J connectivity index is 0.000000321. The van der Waals surface area contributed by atoms with Crippen LogP contribution in [0.25, 0.3) is 0 Å². The van der Waals surface area contributed by atoms with E-state index in [4.69, 9.17) is 90.0 Å². The first-order valence-corrected chi connectivity index (χ1v) is 35.2. The van der Waals surface area contributed by atoms with E-state index >= 15 is 0 Å². The molecule has 50 atom stereocenters. The van der Waals surface area contributed by atoms with E-state index in [9.17, 15) is 163 Å². The van der Waals surface area contributed by atoms with Crippen molar-refractivity contribution in [3.8, 4) is 0 Å². The van der Waals surface area contributed by atoms with Crippen molar-refractivity contribution in [3.05, 3.63) is 0 Å². The Hall–Kier alpha value is -2.04. The van der Waals surface area contributed by atoms with Crippen LogP contribution in [0.15, 0.2) is 0 Å². The number of hydrogen-bond donors (Lipinski definition) is 32. The van der Waals surface area contributed by atoms with Crippen molar-refractivity contribution in [3.63, 3.8) is 0 Å². The highest BCUT2D eigenvalue weighted by Crippen LogP contribution is 2.41. The molecule has 0 amide bonds. The molecular formula is C60H102O51. The van der Waals surface area contributed by atoms with Gasteiger partial charge in [0.1, 0.15) is 244 Å².